The predicted octanol–water partition coefficient (Wildman–Crippen LogP) is 3.86. The van der Waals surface area contributed by atoms with Gasteiger partial charge in [0.1, 0.15) is 11.6 Å². The topological polar surface area (TPSA) is 38.9 Å². The van der Waals surface area contributed by atoms with Crippen molar-refractivity contribution in [2.45, 2.75) is 26.7 Å². The molecule has 2 aromatic heterocycles. The highest BCUT2D eigenvalue weighted by Crippen LogP contribution is 2.18. The van der Waals surface area contributed by atoms with Crippen LogP contribution in [-0.2, 0) is 19.8 Å². The molecule has 0 N–H and O–H groups in total. The van der Waals surface area contributed by atoms with Crippen LogP contribution in [0.2, 0.25) is 0 Å². The third-order valence-electron chi connectivity index (χ3n) is 4.01. The number of hydrogen-bond donors (Lipinski definition) is 0. The average Bonchev–Trinajstić information content (AvgIpc) is 2.94. The van der Waals surface area contributed by atoms with Gasteiger partial charge < -0.3 is 4.57 Å². The fourth-order valence-electron chi connectivity index (χ4n) is 2.75. The molecule has 0 amide bonds. The molecule has 0 aliphatic heterocycles. The Morgan fingerprint density at radius 1 is 1.15 bits per heavy atom. The number of aromatic nitrogens is 4. The summed E-state index contributed by atoms with van der Waals surface area (Å²) in [4.78, 5) is 5.90. The predicted molar refractivity (Wildman–Crippen MR) is 97.8 cm³/mol. The summed E-state index contributed by atoms with van der Waals surface area (Å²) in [7, 11) is 1.83. The van der Waals surface area contributed by atoms with Gasteiger partial charge in [-0.25, -0.2) is 13.5 Å². The van der Waals surface area contributed by atoms with Crippen molar-refractivity contribution in [3.8, 4) is 11.4 Å². The average molecular weight is 375 g/mol. The van der Waals surface area contributed by atoms with Crippen molar-refractivity contribution < 1.29 is 8.78 Å². The maximum absolute atomic E-state index is 13.9. The number of rotatable bonds is 6. The highest BCUT2D eigenvalue weighted by atomic mass is 32.1. The summed E-state index contributed by atoms with van der Waals surface area (Å²) in [6.45, 7) is 3.40. The molecule has 0 radical (unpaired) electrons. The van der Waals surface area contributed by atoms with Gasteiger partial charge in [0.2, 0.25) is 0 Å². The number of nitrogens with zero attached hydrogens (tertiary/aromatic N) is 5. The van der Waals surface area contributed by atoms with Crippen LogP contribution in [0.15, 0.2) is 42.7 Å². The third-order valence-corrected chi connectivity index (χ3v) is 4.44. The Hall–Kier alpha value is -2.45. The first-order valence-electron chi connectivity index (χ1n) is 8.20. The third kappa shape index (κ3) is 3.86. The van der Waals surface area contributed by atoms with E-state index in [9.17, 15) is 8.78 Å². The van der Waals surface area contributed by atoms with Crippen LogP contribution in [0.5, 0.6) is 0 Å². The van der Waals surface area contributed by atoms with Gasteiger partial charge in [-0.05, 0) is 44.4 Å². The molecule has 5 nitrogen and oxygen atoms in total. The minimum atomic E-state index is -0.584. The van der Waals surface area contributed by atoms with E-state index in [4.69, 9.17) is 12.2 Å². The molecule has 26 heavy (non-hydrogen) atoms. The van der Waals surface area contributed by atoms with Crippen molar-refractivity contribution in [3.05, 3.63) is 64.7 Å². The van der Waals surface area contributed by atoms with Gasteiger partial charge in [0, 0.05) is 42.7 Å². The molecular formula is C18H19F2N5S. The van der Waals surface area contributed by atoms with E-state index in [1.165, 1.54) is 12.1 Å². The Morgan fingerprint density at radius 2 is 1.88 bits per heavy atom. The highest BCUT2D eigenvalue weighted by molar-refractivity contribution is 7.71. The Bertz CT molecular complexity index is 952. The van der Waals surface area contributed by atoms with E-state index in [0.717, 1.165) is 17.5 Å². The Labute approximate surface area is 155 Å². The molecule has 3 aromatic rings. The zero-order valence-corrected chi connectivity index (χ0v) is 15.4. The molecule has 0 saturated carbocycles. The lowest BCUT2D eigenvalue weighted by Crippen LogP contribution is -2.23. The molecule has 0 fully saturated rings. The molecule has 2 heterocycles. The molecule has 1 aromatic carbocycles. The molecule has 0 spiro atoms. The second-order valence-electron chi connectivity index (χ2n) is 5.98. The number of hydrogen-bond acceptors (Lipinski definition) is 4. The standard InChI is InChI=1S/C18H19F2N5S/c1-3-24-17(13-6-8-21-9-7-13)22-25(18(24)26)12-23(2)11-14-4-5-15(19)10-16(14)20/h4-10H,3,11-12H2,1-2H3. The Kier molecular flexibility index (Phi) is 5.53. The van der Waals surface area contributed by atoms with E-state index in [1.807, 2.05) is 35.6 Å². The molecule has 0 unspecified atom stereocenters. The van der Waals surface area contributed by atoms with Crippen molar-refractivity contribution in [3.63, 3.8) is 0 Å². The second-order valence-corrected chi connectivity index (χ2v) is 6.34. The largest absolute Gasteiger partial charge is 0.300 e. The van der Waals surface area contributed by atoms with Crippen molar-refractivity contribution in [2.75, 3.05) is 7.05 Å². The molecule has 0 aliphatic rings. The normalized spacial score (nSPS) is 11.3. The van der Waals surface area contributed by atoms with Crippen molar-refractivity contribution in [1.29, 1.82) is 0 Å². The van der Waals surface area contributed by atoms with Gasteiger partial charge in [-0.2, -0.15) is 5.10 Å². The number of halogens is 2. The number of benzene rings is 1. The molecule has 0 saturated heterocycles. The zero-order chi connectivity index (χ0) is 18.7. The summed E-state index contributed by atoms with van der Waals surface area (Å²) >= 11 is 5.54. The summed E-state index contributed by atoms with van der Waals surface area (Å²) < 4.78 is 31.1. The second kappa shape index (κ2) is 7.84. The van der Waals surface area contributed by atoms with E-state index in [0.29, 0.717) is 30.1 Å². The summed E-state index contributed by atoms with van der Waals surface area (Å²) in [5.41, 5.74) is 1.35. The highest BCUT2D eigenvalue weighted by Gasteiger charge is 2.14. The molecule has 0 atom stereocenters. The van der Waals surface area contributed by atoms with Crippen LogP contribution in [-0.4, -0.2) is 31.3 Å². The van der Waals surface area contributed by atoms with Gasteiger partial charge in [0.15, 0.2) is 10.6 Å². The Balaban J connectivity index is 1.83. The van der Waals surface area contributed by atoms with E-state index < -0.39 is 11.6 Å². The van der Waals surface area contributed by atoms with E-state index in [1.54, 1.807) is 17.1 Å². The van der Waals surface area contributed by atoms with Crippen molar-refractivity contribution >= 4 is 12.2 Å². The fourth-order valence-corrected chi connectivity index (χ4v) is 3.07. The smallest absolute Gasteiger partial charge is 0.199 e. The van der Waals surface area contributed by atoms with Crippen molar-refractivity contribution in [2.24, 2.45) is 0 Å². The SMILES string of the molecule is CCn1c(-c2ccncc2)nn(CN(C)Cc2ccc(F)cc2F)c1=S. The van der Waals surface area contributed by atoms with Crippen LogP contribution in [0, 0.1) is 16.4 Å². The minimum Gasteiger partial charge on any atom is -0.300 e. The van der Waals surface area contributed by atoms with E-state index in [2.05, 4.69) is 10.1 Å². The molecule has 136 valence electrons. The van der Waals surface area contributed by atoms with Gasteiger partial charge in [-0.15, -0.1) is 0 Å². The van der Waals surface area contributed by atoms with E-state index in [-0.39, 0.29) is 0 Å². The van der Waals surface area contributed by atoms with Gasteiger partial charge >= 0.3 is 0 Å². The van der Waals surface area contributed by atoms with Crippen LogP contribution in [0.4, 0.5) is 8.78 Å². The van der Waals surface area contributed by atoms with Crippen LogP contribution in [0.25, 0.3) is 11.4 Å². The zero-order valence-electron chi connectivity index (χ0n) is 14.6. The van der Waals surface area contributed by atoms with Gasteiger partial charge in [0.05, 0.1) is 6.67 Å². The maximum atomic E-state index is 13.9. The first-order valence-corrected chi connectivity index (χ1v) is 8.61. The number of pyridine rings is 1. The first kappa shape index (κ1) is 18.3. The molecule has 3 rings (SSSR count). The molecule has 8 heteroatoms. The molecular weight excluding hydrogens is 356 g/mol. The lowest BCUT2D eigenvalue weighted by molar-refractivity contribution is 0.240. The monoisotopic (exact) mass is 375 g/mol. The fraction of sp³-hybridized carbons (Fsp3) is 0.278. The summed E-state index contributed by atoms with van der Waals surface area (Å²) in [5, 5.41) is 4.62. The van der Waals surface area contributed by atoms with Crippen molar-refractivity contribution in [1.82, 2.24) is 24.2 Å². The van der Waals surface area contributed by atoms with Gasteiger partial charge in [-0.3, -0.25) is 9.88 Å². The lowest BCUT2D eigenvalue weighted by Gasteiger charge is -2.16. The van der Waals surface area contributed by atoms with Crippen LogP contribution in [0.1, 0.15) is 12.5 Å². The molecule has 0 aliphatic carbocycles. The van der Waals surface area contributed by atoms with Crippen LogP contribution >= 0.6 is 12.2 Å². The minimum absolute atomic E-state index is 0.317. The first-order chi connectivity index (χ1) is 12.5. The maximum Gasteiger partial charge on any atom is 0.199 e. The summed E-state index contributed by atoms with van der Waals surface area (Å²) in [5.74, 6) is -0.377. The van der Waals surface area contributed by atoms with E-state index >= 15 is 0 Å². The summed E-state index contributed by atoms with van der Waals surface area (Å²) in [6, 6.07) is 7.36. The summed E-state index contributed by atoms with van der Waals surface area (Å²) in [6.07, 6.45) is 3.42. The van der Waals surface area contributed by atoms with Gasteiger partial charge in [-0.1, -0.05) is 6.07 Å². The quantitative estimate of drug-likeness (QED) is 0.613. The molecule has 0 bridgehead atoms. The van der Waals surface area contributed by atoms with Crippen LogP contribution < -0.4 is 0 Å². The Morgan fingerprint density at radius 3 is 2.54 bits per heavy atom. The van der Waals surface area contributed by atoms with Crippen LogP contribution in [0.3, 0.4) is 0 Å². The van der Waals surface area contributed by atoms with Gasteiger partial charge in [0.25, 0.3) is 0 Å². The lowest BCUT2D eigenvalue weighted by atomic mass is 10.2.